The maximum absolute atomic E-state index is 13.5. The van der Waals surface area contributed by atoms with Crippen molar-refractivity contribution >= 4 is 27.5 Å². The zero-order valence-corrected chi connectivity index (χ0v) is 18.8. The van der Waals surface area contributed by atoms with Gasteiger partial charge in [0.25, 0.3) is 15.9 Å². The number of nitrogens with zero attached hydrogens (tertiary/aromatic N) is 2. The van der Waals surface area contributed by atoms with Gasteiger partial charge in [-0.05, 0) is 41.7 Å². The SMILES string of the molecule is CC(C)(C)CCN1C(=O)C(C2=NS(=O)(=O)c3ccccc3N2)=C(O)[C@@H]1c1ccc(F)cc1. The third-order valence-electron chi connectivity index (χ3n) is 5.46. The summed E-state index contributed by atoms with van der Waals surface area (Å²) in [6, 6.07) is 10.9. The Bertz CT molecular complexity index is 1240. The first-order valence-corrected chi connectivity index (χ1v) is 11.6. The molecule has 2 aromatic rings. The molecule has 2 aliphatic rings. The summed E-state index contributed by atoms with van der Waals surface area (Å²) < 4.78 is 42.6. The molecule has 1 amide bonds. The van der Waals surface area contributed by atoms with E-state index in [1.165, 1.54) is 35.2 Å². The largest absolute Gasteiger partial charge is 0.509 e. The van der Waals surface area contributed by atoms with Gasteiger partial charge in [-0.15, -0.1) is 4.40 Å². The Labute approximate surface area is 186 Å². The van der Waals surface area contributed by atoms with E-state index in [1.807, 2.05) is 20.8 Å². The highest BCUT2D eigenvalue weighted by Gasteiger charge is 2.44. The van der Waals surface area contributed by atoms with Crippen LogP contribution in [0.3, 0.4) is 0 Å². The van der Waals surface area contributed by atoms with E-state index in [9.17, 15) is 22.7 Å². The van der Waals surface area contributed by atoms with Crippen molar-refractivity contribution in [3.63, 3.8) is 0 Å². The topological polar surface area (TPSA) is 99.1 Å². The predicted octanol–water partition coefficient (Wildman–Crippen LogP) is 4.17. The quantitative estimate of drug-likeness (QED) is 0.718. The molecule has 2 heterocycles. The molecule has 168 valence electrons. The number of aliphatic hydroxyl groups is 1. The van der Waals surface area contributed by atoms with Gasteiger partial charge in [0.05, 0.1) is 5.69 Å². The standard InChI is InChI=1S/C23H24FN3O4S/c1-23(2,3)12-13-27-19(14-8-10-15(24)11-9-14)20(28)18(22(27)29)21-25-16-6-4-5-7-17(16)32(30,31)26-21/h4-11,19,28H,12-13H2,1-3H3,(H,25,26)/t19-/m0/s1. The summed E-state index contributed by atoms with van der Waals surface area (Å²) >= 11 is 0. The fraction of sp³-hybridized carbons (Fsp3) is 0.304. The van der Waals surface area contributed by atoms with Crippen LogP contribution in [-0.2, 0) is 14.8 Å². The number of hydrogen-bond acceptors (Lipinski definition) is 5. The Balaban J connectivity index is 1.80. The van der Waals surface area contributed by atoms with Crippen molar-refractivity contribution in [3.8, 4) is 0 Å². The number of para-hydroxylation sites is 1. The number of nitrogens with one attached hydrogen (secondary N) is 1. The van der Waals surface area contributed by atoms with Crippen LogP contribution in [0.15, 0.2) is 69.2 Å². The van der Waals surface area contributed by atoms with Crippen LogP contribution in [0.4, 0.5) is 10.1 Å². The molecule has 2 aliphatic heterocycles. The molecule has 0 spiro atoms. The molecule has 0 saturated heterocycles. The van der Waals surface area contributed by atoms with Gasteiger partial charge in [0.2, 0.25) is 0 Å². The van der Waals surface area contributed by atoms with E-state index in [1.54, 1.807) is 18.2 Å². The lowest BCUT2D eigenvalue weighted by atomic mass is 9.91. The van der Waals surface area contributed by atoms with Gasteiger partial charge in [-0.3, -0.25) is 4.79 Å². The van der Waals surface area contributed by atoms with E-state index in [0.29, 0.717) is 18.5 Å². The number of amides is 1. The average Bonchev–Trinajstić information content (AvgIpc) is 2.95. The van der Waals surface area contributed by atoms with Gasteiger partial charge in [-0.1, -0.05) is 45.0 Å². The Morgan fingerprint density at radius 1 is 1.12 bits per heavy atom. The first kappa shape index (κ1) is 22.0. The van der Waals surface area contributed by atoms with Crippen molar-refractivity contribution in [1.29, 1.82) is 0 Å². The molecule has 2 aromatic carbocycles. The minimum absolute atomic E-state index is 0.00559. The highest BCUT2D eigenvalue weighted by molar-refractivity contribution is 7.90. The molecular weight excluding hydrogens is 433 g/mol. The Hall–Kier alpha value is -3.20. The number of carbonyl (C=O) groups excluding carboxylic acids is 1. The summed E-state index contributed by atoms with van der Waals surface area (Å²) in [5.74, 6) is -1.53. The molecule has 9 heteroatoms. The number of carbonyl (C=O) groups is 1. The van der Waals surface area contributed by atoms with E-state index >= 15 is 0 Å². The second kappa shape index (κ2) is 7.74. The highest BCUT2D eigenvalue weighted by Crippen LogP contribution is 2.39. The second-order valence-electron chi connectivity index (χ2n) is 9.06. The fourth-order valence-electron chi connectivity index (χ4n) is 3.77. The summed E-state index contributed by atoms with van der Waals surface area (Å²) in [6.07, 6.45) is 0.637. The van der Waals surface area contributed by atoms with E-state index in [0.717, 1.165) is 0 Å². The maximum atomic E-state index is 13.5. The number of sulfonamides is 1. The molecular formula is C23H24FN3O4S. The highest BCUT2D eigenvalue weighted by atomic mass is 32.2. The molecule has 4 rings (SSSR count). The van der Waals surface area contributed by atoms with Crippen LogP contribution in [0.5, 0.6) is 0 Å². The number of fused-ring (bicyclic) bond motifs is 1. The molecule has 0 aliphatic carbocycles. The van der Waals surface area contributed by atoms with Crippen LogP contribution in [0.1, 0.15) is 38.8 Å². The van der Waals surface area contributed by atoms with E-state index in [-0.39, 0.29) is 33.2 Å². The smallest absolute Gasteiger partial charge is 0.286 e. The Kier molecular flexibility index (Phi) is 5.32. The van der Waals surface area contributed by atoms with Crippen LogP contribution in [-0.4, -0.2) is 36.7 Å². The molecule has 0 unspecified atom stereocenters. The van der Waals surface area contributed by atoms with E-state index in [4.69, 9.17) is 0 Å². The molecule has 7 nitrogen and oxygen atoms in total. The number of aliphatic hydroxyl groups excluding tert-OH is 1. The van der Waals surface area contributed by atoms with Gasteiger partial charge in [0.1, 0.15) is 28.1 Å². The summed E-state index contributed by atoms with van der Waals surface area (Å²) in [7, 11) is -4.06. The lowest BCUT2D eigenvalue weighted by Gasteiger charge is -2.29. The molecule has 32 heavy (non-hydrogen) atoms. The molecule has 0 aromatic heterocycles. The molecule has 0 fully saturated rings. The molecule has 1 atom stereocenters. The zero-order chi connectivity index (χ0) is 23.3. The number of hydrogen-bond donors (Lipinski definition) is 2. The van der Waals surface area contributed by atoms with Gasteiger partial charge >= 0.3 is 0 Å². The predicted molar refractivity (Wildman–Crippen MR) is 119 cm³/mol. The minimum Gasteiger partial charge on any atom is -0.509 e. The van der Waals surface area contributed by atoms with Crippen molar-refractivity contribution in [2.75, 3.05) is 11.9 Å². The normalized spacial score (nSPS) is 20.1. The zero-order valence-electron chi connectivity index (χ0n) is 18.0. The summed E-state index contributed by atoms with van der Waals surface area (Å²) in [6.45, 7) is 6.41. The second-order valence-corrected chi connectivity index (χ2v) is 10.6. The lowest BCUT2D eigenvalue weighted by Crippen LogP contribution is -2.35. The fourth-order valence-corrected chi connectivity index (χ4v) is 4.89. The minimum atomic E-state index is -4.06. The van der Waals surface area contributed by atoms with E-state index < -0.39 is 27.8 Å². The van der Waals surface area contributed by atoms with Gasteiger partial charge < -0.3 is 15.3 Å². The molecule has 0 bridgehead atoms. The van der Waals surface area contributed by atoms with Crippen LogP contribution in [0.2, 0.25) is 0 Å². The number of benzene rings is 2. The number of amidine groups is 1. The van der Waals surface area contributed by atoms with Gasteiger partial charge in [0.15, 0.2) is 5.84 Å². The third-order valence-corrected chi connectivity index (χ3v) is 6.79. The molecule has 0 saturated carbocycles. The molecule has 0 radical (unpaired) electrons. The van der Waals surface area contributed by atoms with Gasteiger partial charge in [-0.2, -0.15) is 8.42 Å². The Morgan fingerprint density at radius 2 is 1.78 bits per heavy atom. The molecule has 2 N–H and O–H groups in total. The van der Waals surface area contributed by atoms with Crippen molar-refractivity contribution in [2.24, 2.45) is 9.81 Å². The average molecular weight is 458 g/mol. The summed E-state index contributed by atoms with van der Waals surface area (Å²) in [5.41, 5.74) is 0.499. The number of rotatable bonds is 4. The monoisotopic (exact) mass is 457 g/mol. The summed E-state index contributed by atoms with van der Waals surface area (Å²) in [5, 5.41) is 14.0. The van der Waals surface area contributed by atoms with Crippen LogP contribution in [0.25, 0.3) is 0 Å². The first-order chi connectivity index (χ1) is 15.0. The van der Waals surface area contributed by atoms with Crippen LogP contribution < -0.4 is 5.32 Å². The van der Waals surface area contributed by atoms with Gasteiger partial charge in [-0.25, -0.2) is 4.39 Å². The van der Waals surface area contributed by atoms with Crippen LogP contribution in [0, 0.1) is 11.2 Å². The maximum Gasteiger partial charge on any atom is 0.286 e. The van der Waals surface area contributed by atoms with Crippen LogP contribution >= 0.6 is 0 Å². The first-order valence-electron chi connectivity index (χ1n) is 10.2. The van der Waals surface area contributed by atoms with Crippen molar-refractivity contribution in [2.45, 2.75) is 38.1 Å². The number of anilines is 1. The van der Waals surface area contributed by atoms with E-state index in [2.05, 4.69) is 9.71 Å². The third kappa shape index (κ3) is 4.00. The Morgan fingerprint density at radius 3 is 2.44 bits per heavy atom. The number of halogens is 1. The lowest BCUT2D eigenvalue weighted by molar-refractivity contribution is -0.127. The van der Waals surface area contributed by atoms with Crippen molar-refractivity contribution < 1.29 is 22.7 Å². The summed E-state index contributed by atoms with van der Waals surface area (Å²) in [4.78, 5) is 14.9. The van der Waals surface area contributed by atoms with Crippen molar-refractivity contribution in [1.82, 2.24) is 4.90 Å². The van der Waals surface area contributed by atoms with Crippen molar-refractivity contribution in [3.05, 3.63) is 71.2 Å². The van der Waals surface area contributed by atoms with Gasteiger partial charge in [0, 0.05) is 6.54 Å².